The van der Waals surface area contributed by atoms with Gasteiger partial charge in [-0.05, 0) is 50.7 Å². The Morgan fingerprint density at radius 2 is 2.11 bits per heavy atom. The van der Waals surface area contributed by atoms with Gasteiger partial charge < -0.3 is 25.6 Å². The molecule has 1 saturated heterocycles. The molecule has 1 amide bonds. The lowest BCUT2D eigenvalue weighted by molar-refractivity contribution is 0.146. The van der Waals surface area contributed by atoms with Crippen molar-refractivity contribution in [3.05, 3.63) is 24.4 Å². The van der Waals surface area contributed by atoms with Gasteiger partial charge in [0.1, 0.15) is 5.82 Å². The number of piperidine rings is 1. The molecule has 1 aromatic rings. The molecule has 0 radical (unpaired) electrons. The van der Waals surface area contributed by atoms with Crippen LogP contribution in [-0.2, 0) is 4.74 Å². The molecule has 0 aromatic carbocycles. The Morgan fingerprint density at radius 3 is 2.71 bits per heavy atom. The zero-order chi connectivity index (χ0) is 19.8. The Bertz CT molecular complexity index is 641. The highest BCUT2D eigenvalue weighted by Crippen LogP contribution is 2.32. The predicted octanol–water partition coefficient (Wildman–Crippen LogP) is 1.74. The van der Waals surface area contributed by atoms with E-state index in [1.165, 1.54) is 0 Å². The number of pyridine rings is 1. The van der Waals surface area contributed by atoms with Crippen molar-refractivity contribution in [2.75, 3.05) is 38.2 Å². The summed E-state index contributed by atoms with van der Waals surface area (Å²) in [7, 11) is 1.78. The number of ether oxygens (including phenoxy) is 1. The van der Waals surface area contributed by atoms with Gasteiger partial charge in [-0.15, -0.1) is 0 Å². The zero-order valence-corrected chi connectivity index (χ0v) is 16.9. The van der Waals surface area contributed by atoms with Crippen LogP contribution < -0.4 is 20.9 Å². The second-order valence-electron chi connectivity index (χ2n) is 7.36. The first-order valence-electron chi connectivity index (χ1n) is 10.3. The number of aliphatic imine (C=N–C) groups is 1. The fraction of sp³-hybridized carbons (Fsp3) is 0.650. The van der Waals surface area contributed by atoms with Gasteiger partial charge in [0.15, 0.2) is 5.96 Å². The summed E-state index contributed by atoms with van der Waals surface area (Å²) in [5.74, 6) is 2.35. The van der Waals surface area contributed by atoms with E-state index in [0.717, 1.165) is 50.6 Å². The third kappa shape index (κ3) is 6.00. The van der Waals surface area contributed by atoms with Gasteiger partial charge in [0.25, 0.3) is 0 Å². The maximum absolute atomic E-state index is 11.7. The van der Waals surface area contributed by atoms with Crippen molar-refractivity contribution in [1.82, 2.24) is 20.9 Å². The molecule has 1 saturated carbocycles. The number of rotatable bonds is 7. The van der Waals surface area contributed by atoms with Crippen LogP contribution in [0.2, 0.25) is 0 Å². The summed E-state index contributed by atoms with van der Waals surface area (Å²) in [6.07, 6.45) is 5.86. The van der Waals surface area contributed by atoms with E-state index in [0.29, 0.717) is 25.1 Å². The molecule has 3 N–H and O–H groups in total. The van der Waals surface area contributed by atoms with Crippen LogP contribution >= 0.6 is 0 Å². The van der Waals surface area contributed by atoms with Gasteiger partial charge in [0, 0.05) is 38.9 Å². The van der Waals surface area contributed by atoms with Gasteiger partial charge in [-0.3, -0.25) is 4.99 Å². The van der Waals surface area contributed by atoms with Crippen molar-refractivity contribution < 1.29 is 9.53 Å². The molecule has 0 bridgehead atoms. The van der Waals surface area contributed by atoms with Crippen molar-refractivity contribution in [3.8, 4) is 0 Å². The van der Waals surface area contributed by atoms with E-state index >= 15 is 0 Å². The number of carbonyl (C=O) groups is 1. The average molecular weight is 389 g/mol. The fourth-order valence-electron chi connectivity index (χ4n) is 3.55. The van der Waals surface area contributed by atoms with Gasteiger partial charge in [-0.1, -0.05) is 6.07 Å². The molecule has 154 valence electrons. The Hall–Kier alpha value is -2.51. The topological polar surface area (TPSA) is 90.9 Å². The number of nitrogens with zero attached hydrogens (tertiary/aromatic N) is 3. The van der Waals surface area contributed by atoms with Crippen molar-refractivity contribution in [3.63, 3.8) is 0 Å². The van der Waals surface area contributed by atoms with Crippen molar-refractivity contribution in [2.45, 2.75) is 44.7 Å². The molecule has 28 heavy (non-hydrogen) atoms. The molecule has 1 aliphatic carbocycles. The lowest BCUT2D eigenvalue weighted by atomic mass is 10.1. The van der Waals surface area contributed by atoms with E-state index in [-0.39, 0.29) is 12.1 Å². The van der Waals surface area contributed by atoms with Crippen molar-refractivity contribution in [2.24, 2.45) is 10.9 Å². The number of hydrogen-bond acceptors (Lipinski definition) is 5. The van der Waals surface area contributed by atoms with Crippen LogP contribution in [0.1, 0.15) is 32.6 Å². The molecule has 0 spiro atoms. The van der Waals surface area contributed by atoms with Crippen LogP contribution in [0, 0.1) is 5.92 Å². The molecule has 2 heterocycles. The Labute approximate surface area is 167 Å². The number of aromatic nitrogens is 1. The van der Waals surface area contributed by atoms with Gasteiger partial charge in [0.2, 0.25) is 0 Å². The second-order valence-corrected chi connectivity index (χ2v) is 7.36. The molecule has 1 aliphatic heterocycles. The van der Waals surface area contributed by atoms with Crippen LogP contribution in [0.15, 0.2) is 29.4 Å². The molecule has 1 atom stereocenters. The molecule has 2 fully saturated rings. The summed E-state index contributed by atoms with van der Waals surface area (Å²) in [4.78, 5) is 22.9. The average Bonchev–Trinajstić information content (AvgIpc) is 3.56. The highest BCUT2D eigenvalue weighted by molar-refractivity contribution is 5.80. The molecular formula is C20H32N6O2. The summed E-state index contributed by atoms with van der Waals surface area (Å²) >= 11 is 0. The number of guanidine groups is 1. The SMILES string of the molecule is CCOC(=O)NC(CNC(=NC)NC1CCN(c2ccccn2)CC1)C1CC1. The first kappa shape index (κ1) is 20.2. The van der Waals surface area contributed by atoms with Gasteiger partial charge in [0.05, 0.1) is 12.6 Å². The van der Waals surface area contributed by atoms with Gasteiger partial charge >= 0.3 is 6.09 Å². The Morgan fingerprint density at radius 1 is 1.32 bits per heavy atom. The number of amides is 1. The molecule has 8 heteroatoms. The minimum atomic E-state index is -0.342. The molecule has 3 rings (SSSR count). The normalized spacial score (nSPS) is 19.1. The summed E-state index contributed by atoms with van der Waals surface area (Å²) in [6.45, 7) is 4.80. The maximum atomic E-state index is 11.7. The smallest absolute Gasteiger partial charge is 0.407 e. The summed E-state index contributed by atoms with van der Waals surface area (Å²) in [6, 6.07) is 6.48. The summed E-state index contributed by atoms with van der Waals surface area (Å²) in [5.41, 5.74) is 0. The first-order chi connectivity index (χ1) is 13.7. The Kier molecular flexibility index (Phi) is 7.33. The molecule has 2 aliphatic rings. The van der Waals surface area contributed by atoms with E-state index < -0.39 is 0 Å². The van der Waals surface area contributed by atoms with Crippen molar-refractivity contribution >= 4 is 17.9 Å². The lowest BCUT2D eigenvalue weighted by Gasteiger charge is -2.34. The number of carbonyl (C=O) groups excluding carboxylic acids is 1. The van der Waals surface area contributed by atoms with E-state index in [2.05, 4.69) is 36.9 Å². The molecular weight excluding hydrogens is 356 g/mol. The number of hydrogen-bond donors (Lipinski definition) is 3. The number of anilines is 1. The standard InChI is InChI=1S/C20H32N6O2/c1-3-28-20(27)25-17(15-7-8-15)14-23-19(21-2)24-16-9-12-26(13-10-16)18-6-4-5-11-22-18/h4-6,11,15-17H,3,7-10,12-14H2,1-2H3,(H,25,27)(H2,21,23,24). The number of alkyl carbamates (subject to hydrolysis) is 1. The minimum absolute atomic E-state index is 0.0728. The van der Waals surface area contributed by atoms with Crippen LogP contribution in [0.5, 0.6) is 0 Å². The maximum Gasteiger partial charge on any atom is 0.407 e. The largest absolute Gasteiger partial charge is 0.450 e. The quantitative estimate of drug-likeness (QED) is 0.487. The van der Waals surface area contributed by atoms with E-state index in [1.807, 2.05) is 25.3 Å². The van der Waals surface area contributed by atoms with Crippen LogP contribution in [0.25, 0.3) is 0 Å². The highest BCUT2D eigenvalue weighted by atomic mass is 16.5. The third-order valence-electron chi connectivity index (χ3n) is 5.29. The summed E-state index contributed by atoms with van der Waals surface area (Å²) < 4.78 is 5.02. The van der Waals surface area contributed by atoms with Crippen LogP contribution in [-0.4, -0.2) is 62.4 Å². The van der Waals surface area contributed by atoms with E-state index in [9.17, 15) is 4.79 Å². The predicted molar refractivity (Wildman–Crippen MR) is 111 cm³/mol. The fourth-order valence-corrected chi connectivity index (χ4v) is 3.55. The van der Waals surface area contributed by atoms with Gasteiger partial charge in [-0.25, -0.2) is 9.78 Å². The van der Waals surface area contributed by atoms with Gasteiger partial charge in [-0.2, -0.15) is 0 Å². The first-order valence-corrected chi connectivity index (χ1v) is 10.3. The van der Waals surface area contributed by atoms with E-state index in [4.69, 9.17) is 4.74 Å². The van der Waals surface area contributed by atoms with Crippen LogP contribution in [0.4, 0.5) is 10.6 Å². The highest BCUT2D eigenvalue weighted by Gasteiger charge is 2.32. The third-order valence-corrected chi connectivity index (χ3v) is 5.29. The number of nitrogens with one attached hydrogen (secondary N) is 3. The minimum Gasteiger partial charge on any atom is -0.450 e. The molecule has 8 nitrogen and oxygen atoms in total. The van der Waals surface area contributed by atoms with Crippen molar-refractivity contribution in [1.29, 1.82) is 0 Å². The summed E-state index contributed by atoms with van der Waals surface area (Å²) in [5, 5.41) is 9.86. The monoisotopic (exact) mass is 388 g/mol. The zero-order valence-electron chi connectivity index (χ0n) is 16.9. The lowest BCUT2D eigenvalue weighted by Crippen LogP contribution is -2.52. The molecule has 1 aromatic heterocycles. The second kappa shape index (κ2) is 10.1. The Balaban J connectivity index is 1.42. The van der Waals surface area contributed by atoms with E-state index in [1.54, 1.807) is 7.05 Å². The van der Waals surface area contributed by atoms with Crippen LogP contribution in [0.3, 0.4) is 0 Å². The molecule has 1 unspecified atom stereocenters.